The molecule has 1 aliphatic rings. The van der Waals surface area contributed by atoms with Crippen molar-refractivity contribution in [1.29, 1.82) is 0 Å². The van der Waals surface area contributed by atoms with Gasteiger partial charge in [-0.1, -0.05) is 17.8 Å². The van der Waals surface area contributed by atoms with E-state index in [1.54, 1.807) is 0 Å². The number of aldehydes is 2. The maximum absolute atomic E-state index is 10.3. The molecule has 0 aromatic heterocycles. The van der Waals surface area contributed by atoms with Crippen LogP contribution in [0.3, 0.4) is 0 Å². The minimum Gasteiger partial charge on any atom is -0.298 e. The van der Waals surface area contributed by atoms with Crippen LogP contribution in [0.4, 0.5) is 0 Å². The Morgan fingerprint density at radius 2 is 2.20 bits per heavy atom. The zero-order chi connectivity index (χ0) is 7.40. The lowest BCUT2D eigenvalue weighted by Gasteiger charge is -2.03. The highest BCUT2D eigenvalue weighted by Gasteiger charge is 2.06. The number of hydrogen-bond acceptors (Lipinski definition) is 3. The van der Waals surface area contributed by atoms with Crippen LogP contribution in [0.5, 0.6) is 0 Å². The average molecular weight is 154 g/mol. The molecule has 1 aliphatic heterocycles. The summed E-state index contributed by atoms with van der Waals surface area (Å²) >= 11 is 1.30. The van der Waals surface area contributed by atoms with E-state index in [2.05, 4.69) is 0 Å². The summed E-state index contributed by atoms with van der Waals surface area (Å²) in [6.07, 6.45) is 3.91. The minimum atomic E-state index is 0.539. The van der Waals surface area contributed by atoms with Crippen molar-refractivity contribution in [2.45, 2.75) is 6.42 Å². The molecule has 1 heterocycles. The van der Waals surface area contributed by atoms with Crippen LogP contribution < -0.4 is 0 Å². The average Bonchev–Trinajstić information content (AvgIpc) is 2.04. The lowest BCUT2D eigenvalue weighted by molar-refractivity contribution is -0.106. The third kappa shape index (κ3) is 1.36. The van der Waals surface area contributed by atoms with Crippen LogP contribution in [0.15, 0.2) is 22.0 Å². The molecule has 0 radical (unpaired) electrons. The molecule has 0 saturated carbocycles. The van der Waals surface area contributed by atoms with Gasteiger partial charge in [-0.2, -0.15) is 0 Å². The Bertz CT molecular complexity index is 194. The first kappa shape index (κ1) is 7.28. The topological polar surface area (TPSA) is 34.1 Å². The molecule has 2 nitrogen and oxygen atoms in total. The highest BCUT2D eigenvalue weighted by atomic mass is 32.2. The second-order valence-corrected chi connectivity index (χ2v) is 2.77. The first-order valence-corrected chi connectivity index (χ1v) is 3.71. The van der Waals surface area contributed by atoms with E-state index in [1.807, 2.05) is 11.5 Å². The van der Waals surface area contributed by atoms with E-state index in [1.165, 1.54) is 11.8 Å². The largest absolute Gasteiger partial charge is 0.298 e. The summed E-state index contributed by atoms with van der Waals surface area (Å²) < 4.78 is 0. The van der Waals surface area contributed by atoms with Crippen molar-refractivity contribution in [2.75, 3.05) is 0 Å². The number of rotatable bonds is 2. The highest BCUT2D eigenvalue weighted by Crippen LogP contribution is 2.24. The molecule has 0 aromatic rings. The minimum absolute atomic E-state index is 0.539. The van der Waals surface area contributed by atoms with Gasteiger partial charge in [-0.25, -0.2) is 0 Å². The predicted octanol–water partition coefficient (Wildman–Crippen LogP) is 1.29. The van der Waals surface area contributed by atoms with E-state index < -0.39 is 0 Å². The molecular formula is C7H6O2S. The first-order chi connectivity index (χ1) is 4.88. The van der Waals surface area contributed by atoms with Crippen molar-refractivity contribution in [3.63, 3.8) is 0 Å². The van der Waals surface area contributed by atoms with Crippen LogP contribution >= 0.6 is 11.8 Å². The third-order valence-electron chi connectivity index (χ3n) is 1.19. The van der Waals surface area contributed by atoms with Gasteiger partial charge in [-0.05, 0) is 11.8 Å². The monoisotopic (exact) mass is 154 g/mol. The summed E-state index contributed by atoms with van der Waals surface area (Å²) in [4.78, 5) is 21.1. The summed E-state index contributed by atoms with van der Waals surface area (Å²) in [6, 6.07) is 0. The van der Waals surface area contributed by atoms with Gasteiger partial charge in [-0.15, -0.1) is 0 Å². The maximum atomic E-state index is 10.3. The molecule has 0 aliphatic carbocycles. The van der Waals surface area contributed by atoms with Crippen LogP contribution in [0.25, 0.3) is 0 Å². The van der Waals surface area contributed by atoms with Crippen LogP contribution in [-0.2, 0) is 9.59 Å². The molecule has 0 fully saturated rings. The Morgan fingerprint density at radius 3 is 2.70 bits per heavy atom. The molecule has 0 amide bonds. The number of carbonyl (C=O) groups excluding carboxylic acids is 2. The van der Waals surface area contributed by atoms with E-state index >= 15 is 0 Å². The number of allylic oxidation sites excluding steroid dienone is 3. The van der Waals surface area contributed by atoms with Gasteiger partial charge >= 0.3 is 0 Å². The van der Waals surface area contributed by atoms with E-state index in [0.717, 1.165) is 12.6 Å². The molecule has 52 valence electrons. The zero-order valence-corrected chi connectivity index (χ0v) is 6.06. The number of thioether (sulfide) groups is 1. The summed E-state index contributed by atoms with van der Waals surface area (Å²) in [5.41, 5.74) is 0.586. The molecule has 0 saturated heterocycles. The smallest absolute Gasteiger partial charge is 0.157 e. The Kier molecular flexibility index (Phi) is 2.45. The summed E-state index contributed by atoms with van der Waals surface area (Å²) in [6.45, 7) is 0. The fraction of sp³-hybridized carbons (Fsp3) is 0.143. The molecule has 0 unspecified atom stereocenters. The summed E-state index contributed by atoms with van der Waals surface area (Å²) in [5.74, 6) is 0. The molecular weight excluding hydrogens is 148 g/mol. The predicted molar refractivity (Wildman–Crippen MR) is 40.5 cm³/mol. The van der Waals surface area contributed by atoms with Crippen molar-refractivity contribution in [2.24, 2.45) is 0 Å². The van der Waals surface area contributed by atoms with Gasteiger partial charge in [0.1, 0.15) is 6.29 Å². The second kappa shape index (κ2) is 3.37. The normalized spacial score (nSPS) is 17.2. The third-order valence-corrected chi connectivity index (χ3v) is 2.14. The van der Waals surface area contributed by atoms with Crippen LogP contribution in [0, 0.1) is 0 Å². The molecule has 0 atom stereocenters. The SMILES string of the molecule is O=CC1=C(C=O)SC=CC1. The van der Waals surface area contributed by atoms with Crippen molar-refractivity contribution < 1.29 is 9.59 Å². The number of hydrogen-bond donors (Lipinski definition) is 0. The van der Waals surface area contributed by atoms with E-state index in [9.17, 15) is 9.59 Å². The summed E-state index contributed by atoms with van der Waals surface area (Å²) in [7, 11) is 0. The van der Waals surface area contributed by atoms with Gasteiger partial charge in [0.15, 0.2) is 6.29 Å². The van der Waals surface area contributed by atoms with E-state index in [0.29, 0.717) is 16.9 Å². The van der Waals surface area contributed by atoms with Gasteiger partial charge in [0.25, 0.3) is 0 Å². The standard InChI is InChI=1S/C7H6O2S/c8-4-6-2-1-3-10-7(6)5-9/h1,3-5H,2H2. The van der Waals surface area contributed by atoms with E-state index in [-0.39, 0.29) is 0 Å². The fourth-order valence-electron chi connectivity index (χ4n) is 0.682. The number of carbonyl (C=O) groups is 2. The highest BCUT2D eigenvalue weighted by molar-refractivity contribution is 8.06. The molecule has 1 rings (SSSR count). The lowest BCUT2D eigenvalue weighted by atomic mass is 10.2. The van der Waals surface area contributed by atoms with Crippen molar-refractivity contribution in [3.8, 4) is 0 Å². The van der Waals surface area contributed by atoms with Gasteiger partial charge in [0.2, 0.25) is 0 Å². The molecule has 10 heavy (non-hydrogen) atoms. The zero-order valence-electron chi connectivity index (χ0n) is 5.24. The van der Waals surface area contributed by atoms with Gasteiger partial charge < -0.3 is 0 Å². The van der Waals surface area contributed by atoms with Crippen molar-refractivity contribution in [3.05, 3.63) is 22.0 Å². The van der Waals surface area contributed by atoms with Crippen molar-refractivity contribution >= 4 is 24.3 Å². The fourth-order valence-corrected chi connectivity index (χ4v) is 1.36. The molecule has 0 aromatic carbocycles. The van der Waals surface area contributed by atoms with Crippen LogP contribution in [0.1, 0.15) is 6.42 Å². The Balaban J connectivity index is 2.85. The molecule has 3 heteroatoms. The van der Waals surface area contributed by atoms with Gasteiger partial charge in [-0.3, -0.25) is 9.59 Å². The van der Waals surface area contributed by atoms with Gasteiger partial charge in [0.05, 0.1) is 4.91 Å². The lowest BCUT2D eigenvalue weighted by Crippen LogP contribution is -1.93. The Hall–Kier alpha value is -0.830. The second-order valence-electron chi connectivity index (χ2n) is 1.82. The summed E-state index contributed by atoms with van der Waals surface area (Å²) in [5, 5.41) is 1.82. The maximum Gasteiger partial charge on any atom is 0.157 e. The Labute approximate surface area is 63.0 Å². The van der Waals surface area contributed by atoms with Crippen molar-refractivity contribution in [1.82, 2.24) is 0 Å². The van der Waals surface area contributed by atoms with E-state index in [4.69, 9.17) is 0 Å². The Morgan fingerprint density at radius 1 is 1.40 bits per heavy atom. The quantitative estimate of drug-likeness (QED) is 0.562. The molecule has 0 N–H and O–H groups in total. The first-order valence-electron chi connectivity index (χ1n) is 2.83. The van der Waals surface area contributed by atoms with Crippen LogP contribution in [-0.4, -0.2) is 12.6 Å². The molecule has 0 bridgehead atoms. The molecule has 0 spiro atoms. The van der Waals surface area contributed by atoms with Crippen LogP contribution in [0.2, 0.25) is 0 Å². The van der Waals surface area contributed by atoms with Gasteiger partial charge in [0, 0.05) is 5.57 Å².